The van der Waals surface area contributed by atoms with E-state index in [4.69, 9.17) is 11.6 Å². The number of piperazine rings is 1. The highest BCUT2D eigenvalue weighted by Crippen LogP contribution is 2.46. The third-order valence-corrected chi connectivity index (χ3v) is 4.43. The Bertz CT molecular complexity index is 528. The minimum Gasteiger partial charge on any atom is -0.404 e. The van der Waals surface area contributed by atoms with E-state index >= 15 is 0 Å². The molecule has 3 nitrogen and oxygen atoms in total. The zero-order valence-corrected chi connectivity index (χ0v) is 12.8. The lowest BCUT2D eigenvalue weighted by Gasteiger charge is -2.35. The molecule has 1 aliphatic carbocycles. The van der Waals surface area contributed by atoms with Gasteiger partial charge in [0.25, 0.3) is 0 Å². The molecule has 2 fully saturated rings. The Hall–Kier alpha value is -0.980. The van der Waals surface area contributed by atoms with Gasteiger partial charge in [-0.2, -0.15) is 0 Å². The topological polar surface area (TPSA) is 24.5 Å². The van der Waals surface area contributed by atoms with Crippen molar-refractivity contribution in [3.63, 3.8) is 0 Å². The zero-order valence-electron chi connectivity index (χ0n) is 12.0. The molecule has 7 heteroatoms. The van der Waals surface area contributed by atoms with Gasteiger partial charge in [-0.3, -0.25) is 4.90 Å². The van der Waals surface area contributed by atoms with Crippen molar-refractivity contribution >= 4 is 11.6 Å². The predicted octanol–water partition coefficient (Wildman–Crippen LogP) is 3.59. The van der Waals surface area contributed by atoms with Crippen LogP contribution in [0.4, 0.5) is 13.2 Å². The fourth-order valence-electron chi connectivity index (χ4n) is 3.06. The molecular weight excluding hydrogens is 317 g/mol. The Morgan fingerprint density at radius 2 is 1.91 bits per heavy atom. The van der Waals surface area contributed by atoms with Crippen molar-refractivity contribution in [2.45, 2.75) is 25.2 Å². The fourth-order valence-corrected chi connectivity index (χ4v) is 3.29. The summed E-state index contributed by atoms with van der Waals surface area (Å²) in [6, 6.07) is 4.88. The Morgan fingerprint density at radius 1 is 1.23 bits per heavy atom. The highest BCUT2D eigenvalue weighted by molar-refractivity contribution is 6.32. The van der Waals surface area contributed by atoms with E-state index in [0.717, 1.165) is 44.6 Å². The lowest BCUT2D eigenvalue weighted by molar-refractivity contribution is -0.274. The molecular formula is C15H18ClF3N2O. The Kier molecular flexibility index (Phi) is 4.52. The number of nitrogens with one attached hydrogen (secondary N) is 1. The second kappa shape index (κ2) is 6.26. The van der Waals surface area contributed by atoms with Gasteiger partial charge in [-0.05, 0) is 36.5 Å². The van der Waals surface area contributed by atoms with Crippen molar-refractivity contribution in [3.05, 3.63) is 28.8 Å². The molecule has 122 valence electrons. The molecule has 1 aromatic rings. The SMILES string of the molecule is FC(F)(F)Oc1ccc([C@H](C2CC2)N2CCNCC2)cc1Cl. The minimum absolute atomic E-state index is 0.00982. The Balaban J connectivity index is 1.81. The maximum absolute atomic E-state index is 12.3. The summed E-state index contributed by atoms with van der Waals surface area (Å²) in [6.07, 6.45) is -2.40. The van der Waals surface area contributed by atoms with Crippen molar-refractivity contribution in [2.24, 2.45) is 5.92 Å². The maximum Gasteiger partial charge on any atom is 0.573 e. The van der Waals surface area contributed by atoms with E-state index in [1.54, 1.807) is 12.1 Å². The van der Waals surface area contributed by atoms with E-state index in [0.29, 0.717) is 5.92 Å². The molecule has 1 atom stereocenters. The summed E-state index contributed by atoms with van der Waals surface area (Å²) in [4.78, 5) is 2.39. The summed E-state index contributed by atoms with van der Waals surface area (Å²) in [5.41, 5.74) is 0.976. The lowest BCUT2D eigenvalue weighted by Crippen LogP contribution is -2.45. The smallest absolute Gasteiger partial charge is 0.404 e. The molecule has 1 saturated heterocycles. The summed E-state index contributed by atoms with van der Waals surface area (Å²) >= 11 is 5.99. The zero-order chi connectivity index (χ0) is 15.7. The largest absolute Gasteiger partial charge is 0.573 e. The van der Waals surface area contributed by atoms with Crippen LogP contribution in [-0.4, -0.2) is 37.4 Å². The predicted molar refractivity (Wildman–Crippen MR) is 78.0 cm³/mol. The van der Waals surface area contributed by atoms with Gasteiger partial charge >= 0.3 is 6.36 Å². The molecule has 1 saturated carbocycles. The fraction of sp³-hybridized carbons (Fsp3) is 0.600. The summed E-state index contributed by atoms with van der Waals surface area (Å²) in [7, 11) is 0. The van der Waals surface area contributed by atoms with Gasteiger partial charge in [0, 0.05) is 32.2 Å². The molecule has 1 N–H and O–H groups in total. The summed E-state index contributed by atoms with van der Waals surface area (Å²) in [5, 5.41) is 3.32. The van der Waals surface area contributed by atoms with E-state index in [9.17, 15) is 13.2 Å². The average molecular weight is 335 g/mol. The monoisotopic (exact) mass is 334 g/mol. The normalized spacial score (nSPS) is 21.6. The van der Waals surface area contributed by atoms with Gasteiger partial charge in [0.1, 0.15) is 5.75 Å². The number of benzene rings is 1. The summed E-state index contributed by atoms with van der Waals surface area (Å²) in [5.74, 6) is 0.233. The molecule has 0 aromatic heterocycles. The number of rotatable bonds is 4. The van der Waals surface area contributed by atoms with Crippen LogP contribution in [0, 0.1) is 5.92 Å². The molecule has 1 aliphatic heterocycles. The van der Waals surface area contributed by atoms with Crippen molar-refractivity contribution in [3.8, 4) is 5.75 Å². The van der Waals surface area contributed by atoms with Crippen LogP contribution in [-0.2, 0) is 0 Å². The number of ether oxygens (including phenoxy) is 1. The third-order valence-electron chi connectivity index (χ3n) is 4.14. The number of halogens is 4. The molecule has 0 bridgehead atoms. The van der Waals surface area contributed by atoms with Gasteiger partial charge in [0.2, 0.25) is 0 Å². The van der Waals surface area contributed by atoms with Crippen LogP contribution in [0.3, 0.4) is 0 Å². The first-order chi connectivity index (χ1) is 10.4. The van der Waals surface area contributed by atoms with Crippen LogP contribution < -0.4 is 10.1 Å². The van der Waals surface area contributed by atoms with E-state index in [2.05, 4.69) is 15.0 Å². The van der Waals surface area contributed by atoms with Crippen LogP contribution in [0.1, 0.15) is 24.4 Å². The summed E-state index contributed by atoms with van der Waals surface area (Å²) in [6.45, 7) is 3.76. The quantitative estimate of drug-likeness (QED) is 0.910. The highest BCUT2D eigenvalue weighted by atomic mass is 35.5. The molecule has 22 heavy (non-hydrogen) atoms. The van der Waals surface area contributed by atoms with Crippen molar-refractivity contribution in [1.82, 2.24) is 10.2 Å². The number of hydrogen-bond acceptors (Lipinski definition) is 3. The van der Waals surface area contributed by atoms with E-state index in [1.165, 1.54) is 6.07 Å². The second-order valence-corrected chi connectivity index (χ2v) is 6.21. The van der Waals surface area contributed by atoms with Gasteiger partial charge in [-0.25, -0.2) is 0 Å². The number of hydrogen-bond donors (Lipinski definition) is 1. The molecule has 2 aliphatic rings. The van der Waals surface area contributed by atoms with Gasteiger partial charge in [0.15, 0.2) is 0 Å². The number of alkyl halides is 3. The van der Waals surface area contributed by atoms with Gasteiger partial charge in [-0.1, -0.05) is 17.7 Å². The molecule has 0 spiro atoms. The van der Waals surface area contributed by atoms with E-state index < -0.39 is 6.36 Å². The van der Waals surface area contributed by atoms with Crippen molar-refractivity contribution in [2.75, 3.05) is 26.2 Å². The third kappa shape index (κ3) is 3.86. The first kappa shape index (κ1) is 15.9. The first-order valence-electron chi connectivity index (χ1n) is 7.44. The highest BCUT2D eigenvalue weighted by Gasteiger charge is 2.37. The van der Waals surface area contributed by atoms with Gasteiger partial charge in [-0.15, -0.1) is 13.2 Å². The maximum atomic E-state index is 12.3. The lowest BCUT2D eigenvalue weighted by atomic mass is 9.99. The standard InChI is InChI=1S/C15H18ClF3N2O/c16-12-9-11(3-4-13(12)22-15(17,18)19)14(10-1-2-10)21-7-5-20-6-8-21/h3-4,9-10,14,20H,1-2,5-8H2/t14-/m0/s1. The molecule has 1 aromatic carbocycles. The van der Waals surface area contributed by atoms with Crippen molar-refractivity contribution < 1.29 is 17.9 Å². The van der Waals surface area contributed by atoms with Crippen LogP contribution in [0.2, 0.25) is 5.02 Å². The Labute approximate surface area is 132 Å². The van der Waals surface area contributed by atoms with Crippen LogP contribution >= 0.6 is 11.6 Å². The van der Waals surface area contributed by atoms with Crippen LogP contribution in [0.5, 0.6) is 5.75 Å². The van der Waals surface area contributed by atoms with Gasteiger partial charge in [0.05, 0.1) is 5.02 Å². The summed E-state index contributed by atoms with van der Waals surface area (Å²) < 4.78 is 40.9. The van der Waals surface area contributed by atoms with E-state index in [1.807, 2.05) is 0 Å². The molecule has 3 rings (SSSR count). The van der Waals surface area contributed by atoms with Gasteiger partial charge < -0.3 is 10.1 Å². The molecule has 0 amide bonds. The molecule has 0 radical (unpaired) electrons. The van der Waals surface area contributed by atoms with E-state index in [-0.39, 0.29) is 16.8 Å². The number of nitrogens with zero attached hydrogens (tertiary/aromatic N) is 1. The average Bonchev–Trinajstić information content (AvgIpc) is 3.27. The first-order valence-corrected chi connectivity index (χ1v) is 7.82. The molecule has 1 heterocycles. The van der Waals surface area contributed by atoms with Crippen molar-refractivity contribution in [1.29, 1.82) is 0 Å². The Morgan fingerprint density at radius 3 is 2.45 bits per heavy atom. The molecule has 0 unspecified atom stereocenters. The second-order valence-electron chi connectivity index (χ2n) is 5.81. The van der Waals surface area contributed by atoms with Crippen LogP contribution in [0.15, 0.2) is 18.2 Å². The minimum atomic E-state index is -4.72. The van der Waals surface area contributed by atoms with Crippen LogP contribution in [0.25, 0.3) is 0 Å².